The number of rotatable bonds is 4. The normalized spacial score (nSPS) is 10.5. The molecular formula is C12H14ClN5O. The topological polar surface area (TPSA) is 77.0 Å². The maximum Gasteiger partial charge on any atom is 0.250 e. The number of carbonyl (C=O) groups is 1. The molecule has 0 spiro atoms. The van der Waals surface area contributed by atoms with E-state index < -0.39 is 5.91 Å². The second kappa shape index (κ2) is 5.27. The summed E-state index contributed by atoms with van der Waals surface area (Å²) in [6, 6.07) is 1.52. The first-order chi connectivity index (χ1) is 8.99. The van der Waals surface area contributed by atoms with E-state index in [1.807, 2.05) is 29.8 Å². The average Bonchev–Trinajstić information content (AvgIpc) is 2.74. The van der Waals surface area contributed by atoms with Gasteiger partial charge in [-0.25, -0.2) is 9.97 Å². The first-order valence-corrected chi connectivity index (χ1v) is 5.99. The van der Waals surface area contributed by atoms with Gasteiger partial charge in [0.05, 0.1) is 17.1 Å². The zero-order valence-electron chi connectivity index (χ0n) is 10.7. The van der Waals surface area contributed by atoms with Crippen molar-refractivity contribution < 1.29 is 4.79 Å². The number of pyridine rings is 1. The molecule has 2 N–H and O–H groups in total. The van der Waals surface area contributed by atoms with E-state index in [2.05, 4.69) is 9.97 Å². The Bertz CT molecular complexity index is 610. The lowest BCUT2D eigenvalue weighted by Gasteiger charge is -2.19. The molecule has 19 heavy (non-hydrogen) atoms. The second-order valence-corrected chi connectivity index (χ2v) is 4.61. The SMILES string of the molecule is CN(Cc1nccn1C)c1ncc(C(N)=O)cc1Cl. The van der Waals surface area contributed by atoms with E-state index in [9.17, 15) is 4.79 Å². The zero-order valence-corrected chi connectivity index (χ0v) is 11.4. The number of imidazole rings is 1. The first kappa shape index (κ1) is 13.4. The third-order valence-electron chi connectivity index (χ3n) is 2.77. The van der Waals surface area contributed by atoms with Gasteiger partial charge in [0.25, 0.3) is 0 Å². The van der Waals surface area contributed by atoms with Gasteiger partial charge in [-0.05, 0) is 6.07 Å². The van der Waals surface area contributed by atoms with Crippen LogP contribution in [0, 0.1) is 0 Å². The highest BCUT2D eigenvalue weighted by atomic mass is 35.5. The van der Waals surface area contributed by atoms with Gasteiger partial charge in [-0.15, -0.1) is 0 Å². The molecular weight excluding hydrogens is 266 g/mol. The number of halogens is 1. The number of aryl methyl sites for hydroxylation is 1. The molecule has 0 bridgehead atoms. The molecule has 0 saturated carbocycles. The summed E-state index contributed by atoms with van der Waals surface area (Å²) in [7, 11) is 3.77. The van der Waals surface area contributed by atoms with Crippen molar-refractivity contribution in [2.75, 3.05) is 11.9 Å². The Labute approximate surface area is 115 Å². The fourth-order valence-corrected chi connectivity index (χ4v) is 1.99. The predicted molar refractivity (Wildman–Crippen MR) is 73.1 cm³/mol. The number of aromatic nitrogens is 3. The molecule has 6 nitrogen and oxygen atoms in total. The molecule has 2 aromatic heterocycles. The quantitative estimate of drug-likeness (QED) is 0.912. The van der Waals surface area contributed by atoms with Crippen LogP contribution in [0.15, 0.2) is 24.7 Å². The van der Waals surface area contributed by atoms with Crippen LogP contribution in [0.5, 0.6) is 0 Å². The molecule has 2 aromatic rings. The van der Waals surface area contributed by atoms with Crippen molar-refractivity contribution >= 4 is 23.3 Å². The van der Waals surface area contributed by atoms with Crippen molar-refractivity contribution in [1.82, 2.24) is 14.5 Å². The van der Waals surface area contributed by atoms with Crippen LogP contribution in [0.3, 0.4) is 0 Å². The van der Waals surface area contributed by atoms with Gasteiger partial charge in [0, 0.05) is 32.7 Å². The van der Waals surface area contributed by atoms with Crippen molar-refractivity contribution in [2.45, 2.75) is 6.54 Å². The number of carbonyl (C=O) groups excluding carboxylic acids is 1. The maximum atomic E-state index is 11.0. The summed E-state index contributed by atoms with van der Waals surface area (Å²) in [6.07, 6.45) is 5.02. The van der Waals surface area contributed by atoms with Gasteiger partial charge in [-0.2, -0.15) is 0 Å². The van der Waals surface area contributed by atoms with Gasteiger partial charge < -0.3 is 15.2 Å². The van der Waals surface area contributed by atoms with E-state index in [1.165, 1.54) is 12.3 Å². The second-order valence-electron chi connectivity index (χ2n) is 4.20. The Morgan fingerprint density at radius 2 is 2.26 bits per heavy atom. The van der Waals surface area contributed by atoms with Crippen molar-refractivity contribution in [1.29, 1.82) is 0 Å². The molecule has 100 valence electrons. The Balaban J connectivity index is 2.22. The van der Waals surface area contributed by atoms with E-state index in [-0.39, 0.29) is 0 Å². The molecule has 2 heterocycles. The minimum atomic E-state index is -0.548. The standard InChI is InChI=1S/C12H14ClN5O/c1-17-4-3-15-10(17)7-18(2)12-9(13)5-8(6-16-12)11(14)19/h3-6H,7H2,1-2H3,(H2,14,19). The maximum absolute atomic E-state index is 11.0. The van der Waals surface area contributed by atoms with Crippen LogP contribution in [0.25, 0.3) is 0 Å². The molecule has 0 aliphatic carbocycles. The van der Waals surface area contributed by atoms with Gasteiger partial charge >= 0.3 is 0 Å². The van der Waals surface area contributed by atoms with Crippen LogP contribution < -0.4 is 10.6 Å². The Morgan fingerprint density at radius 3 is 2.79 bits per heavy atom. The summed E-state index contributed by atoms with van der Waals surface area (Å²) in [5.74, 6) is 0.918. The summed E-state index contributed by atoms with van der Waals surface area (Å²) in [5.41, 5.74) is 5.46. The van der Waals surface area contributed by atoms with E-state index >= 15 is 0 Å². The summed E-state index contributed by atoms with van der Waals surface area (Å²) in [5, 5.41) is 0.382. The van der Waals surface area contributed by atoms with Gasteiger partial charge in [0.15, 0.2) is 0 Å². The number of anilines is 1. The van der Waals surface area contributed by atoms with Crippen LogP contribution in [0.2, 0.25) is 5.02 Å². The predicted octanol–water partition coefficient (Wildman–Crippen LogP) is 1.20. The molecule has 0 aliphatic heterocycles. The van der Waals surface area contributed by atoms with Crippen molar-refractivity contribution in [3.63, 3.8) is 0 Å². The lowest BCUT2D eigenvalue weighted by Crippen LogP contribution is -2.21. The fourth-order valence-electron chi connectivity index (χ4n) is 1.68. The molecule has 1 amide bonds. The monoisotopic (exact) mass is 279 g/mol. The van der Waals surface area contributed by atoms with Crippen LogP contribution in [0.4, 0.5) is 5.82 Å². The Kier molecular flexibility index (Phi) is 3.71. The van der Waals surface area contributed by atoms with Gasteiger partial charge in [0.1, 0.15) is 11.6 Å². The highest BCUT2D eigenvalue weighted by Gasteiger charge is 2.12. The summed E-state index contributed by atoms with van der Waals surface area (Å²) >= 11 is 6.11. The number of hydrogen-bond donors (Lipinski definition) is 1. The number of amides is 1. The minimum absolute atomic E-state index is 0.291. The average molecular weight is 280 g/mol. The molecule has 0 fully saturated rings. The van der Waals surface area contributed by atoms with E-state index in [4.69, 9.17) is 17.3 Å². The number of hydrogen-bond acceptors (Lipinski definition) is 4. The smallest absolute Gasteiger partial charge is 0.250 e. The van der Waals surface area contributed by atoms with Crippen LogP contribution in [-0.2, 0) is 13.6 Å². The number of primary amides is 1. The van der Waals surface area contributed by atoms with Gasteiger partial charge in [0.2, 0.25) is 5.91 Å². The summed E-state index contributed by atoms with van der Waals surface area (Å²) in [6.45, 7) is 0.562. The van der Waals surface area contributed by atoms with Crippen LogP contribution in [-0.4, -0.2) is 27.5 Å². The molecule has 0 radical (unpaired) electrons. The Morgan fingerprint density at radius 1 is 1.53 bits per heavy atom. The third-order valence-corrected chi connectivity index (χ3v) is 3.05. The number of nitrogens with two attached hydrogens (primary N) is 1. The molecule has 7 heteroatoms. The molecule has 0 aromatic carbocycles. The largest absolute Gasteiger partial charge is 0.366 e. The lowest BCUT2D eigenvalue weighted by atomic mass is 10.2. The number of nitrogens with zero attached hydrogens (tertiary/aromatic N) is 4. The molecule has 0 saturated heterocycles. The Hall–Kier alpha value is -2.08. The van der Waals surface area contributed by atoms with E-state index in [0.717, 1.165) is 5.82 Å². The molecule has 2 rings (SSSR count). The molecule has 0 unspecified atom stereocenters. The molecule has 0 atom stereocenters. The zero-order chi connectivity index (χ0) is 14.0. The summed E-state index contributed by atoms with van der Waals surface area (Å²) in [4.78, 5) is 21.3. The van der Waals surface area contributed by atoms with Crippen molar-refractivity contribution in [3.8, 4) is 0 Å². The minimum Gasteiger partial charge on any atom is -0.366 e. The van der Waals surface area contributed by atoms with Crippen LogP contribution in [0.1, 0.15) is 16.2 Å². The van der Waals surface area contributed by atoms with Crippen LogP contribution >= 0.6 is 11.6 Å². The molecule has 0 aliphatic rings. The van der Waals surface area contributed by atoms with E-state index in [1.54, 1.807) is 6.20 Å². The highest BCUT2D eigenvalue weighted by Crippen LogP contribution is 2.24. The van der Waals surface area contributed by atoms with Gasteiger partial charge in [-0.3, -0.25) is 4.79 Å². The van der Waals surface area contributed by atoms with Crippen molar-refractivity contribution in [2.24, 2.45) is 12.8 Å². The summed E-state index contributed by atoms with van der Waals surface area (Å²) < 4.78 is 1.92. The van der Waals surface area contributed by atoms with Crippen molar-refractivity contribution in [3.05, 3.63) is 41.1 Å². The fraction of sp³-hybridized carbons (Fsp3) is 0.250. The van der Waals surface area contributed by atoms with Gasteiger partial charge in [-0.1, -0.05) is 11.6 Å². The lowest BCUT2D eigenvalue weighted by molar-refractivity contribution is 0.1000. The highest BCUT2D eigenvalue weighted by molar-refractivity contribution is 6.33. The van der Waals surface area contributed by atoms with E-state index in [0.29, 0.717) is 22.9 Å². The third kappa shape index (κ3) is 2.85. The first-order valence-electron chi connectivity index (χ1n) is 5.61.